The zero-order chi connectivity index (χ0) is 30.0. The second kappa shape index (κ2) is 14.5. The van der Waals surface area contributed by atoms with E-state index in [4.69, 9.17) is 19.3 Å². The van der Waals surface area contributed by atoms with Gasteiger partial charge in [0.15, 0.2) is 0 Å². The van der Waals surface area contributed by atoms with E-state index in [-0.39, 0.29) is 31.5 Å². The van der Waals surface area contributed by atoms with Crippen LogP contribution in [0.15, 0.2) is 54.6 Å². The highest BCUT2D eigenvalue weighted by molar-refractivity contribution is 5.96. The van der Waals surface area contributed by atoms with E-state index >= 15 is 0 Å². The number of amides is 2. The van der Waals surface area contributed by atoms with Gasteiger partial charge >= 0.3 is 18.0 Å². The Morgan fingerprint density at radius 1 is 1.07 bits per heavy atom. The predicted octanol–water partition coefficient (Wildman–Crippen LogP) is 3.37. The van der Waals surface area contributed by atoms with Crippen LogP contribution >= 0.6 is 0 Å². The maximum Gasteiger partial charge on any atom is 0.407 e. The fourth-order valence-corrected chi connectivity index (χ4v) is 4.32. The summed E-state index contributed by atoms with van der Waals surface area (Å²) in [5.41, 5.74) is 0.535. The predicted molar refractivity (Wildman–Crippen MR) is 150 cm³/mol. The van der Waals surface area contributed by atoms with E-state index in [9.17, 15) is 19.2 Å². The van der Waals surface area contributed by atoms with Crippen molar-refractivity contribution in [3.8, 4) is 5.75 Å². The van der Waals surface area contributed by atoms with Crippen LogP contribution in [0.4, 0.5) is 4.79 Å². The molecule has 3 atom stereocenters. The van der Waals surface area contributed by atoms with Crippen LogP contribution in [0.3, 0.4) is 0 Å². The van der Waals surface area contributed by atoms with Gasteiger partial charge in [0.25, 0.3) is 5.91 Å². The molecule has 1 unspecified atom stereocenters. The number of nitrogens with one attached hydrogen (secondary N) is 2. The number of hydrogen-bond donors (Lipinski definition) is 3. The molecule has 2 aromatic rings. The van der Waals surface area contributed by atoms with Gasteiger partial charge in [-0.05, 0) is 63.4 Å². The second-order valence-corrected chi connectivity index (χ2v) is 11.0. The third kappa shape index (κ3) is 10.4. The number of carbonyl (C=O) groups is 4. The quantitative estimate of drug-likeness (QED) is 0.328. The molecule has 41 heavy (non-hydrogen) atoms. The molecule has 0 saturated carbocycles. The third-order valence-corrected chi connectivity index (χ3v) is 6.41. The highest BCUT2D eigenvalue weighted by atomic mass is 16.6. The average Bonchev–Trinajstić information content (AvgIpc) is 3.36. The van der Waals surface area contributed by atoms with Gasteiger partial charge in [-0.25, -0.2) is 9.59 Å². The van der Waals surface area contributed by atoms with E-state index < -0.39 is 35.6 Å². The zero-order valence-corrected chi connectivity index (χ0v) is 23.9. The number of likely N-dealkylation sites (N-methyl/N-ethyl adjacent to an activating group) is 1. The lowest BCUT2D eigenvalue weighted by molar-refractivity contribution is -0.150. The summed E-state index contributed by atoms with van der Waals surface area (Å²) in [5.74, 6) is -1.64. The molecule has 2 aromatic carbocycles. The molecule has 2 amide bonds. The molecule has 0 bridgehead atoms. The maximum atomic E-state index is 13.2. The number of nitrogens with zero attached hydrogens (tertiary/aromatic N) is 1. The Hall–Kier alpha value is -4.12. The van der Waals surface area contributed by atoms with Crippen molar-refractivity contribution in [3.63, 3.8) is 0 Å². The summed E-state index contributed by atoms with van der Waals surface area (Å²) >= 11 is 0. The van der Waals surface area contributed by atoms with Crippen molar-refractivity contribution in [1.82, 2.24) is 15.5 Å². The number of carboxylic acid groups (broad SMARTS) is 1. The summed E-state index contributed by atoms with van der Waals surface area (Å²) in [6.07, 6.45) is -0.145. The van der Waals surface area contributed by atoms with Gasteiger partial charge < -0.3 is 34.9 Å². The van der Waals surface area contributed by atoms with Gasteiger partial charge in [-0.1, -0.05) is 30.3 Å². The van der Waals surface area contributed by atoms with Crippen LogP contribution in [0, 0.1) is 0 Å². The fraction of sp³-hybridized carbons (Fsp3) is 0.467. The summed E-state index contributed by atoms with van der Waals surface area (Å²) in [4.78, 5) is 50.4. The fourth-order valence-electron chi connectivity index (χ4n) is 4.32. The molecule has 1 fully saturated rings. The van der Waals surface area contributed by atoms with Crippen molar-refractivity contribution < 1.29 is 38.5 Å². The highest BCUT2D eigenvalue weighted by Crippen LogP contribution is 2.18. The van der Waals surface area contributed by atoms with Crippen LogP contribution in [0.5, 0.6) is 5.75 Å². The number of rotatable bonds is 12. The Bertz CT molecular complexity index is 1180. The number of carboxylic acids is 1. The summed E-state index contributed by atoms with van der Waals surface area (Å²) in [5, 5.41) is 15.3. The summed E-state index contributed by atoms with van der Waals surface area (Å²) in [6, 6.07) is 14.5. The number of hydrogen-bond acceptors (Lipinski definition) is 8. The summed E-state index contributed by atoms with van der Waals surface area (Å²) in [7, 11) is 1.45. The molecule has 1 heterocycles. The Kier molecular flexibility index (Phi) is 11.1. The molecule has 0 aliphatic carbocycles. The van der Waals surface area contributed by atoms with Crippen molar-refractivity contribution in [3.05, 3.63) is 65.7 Å². The second-order valence-electron chi connectivity index (χ2n) is 11.0. The van der Waals surface area contributed by atoms with Crippen molar-refractivity contribution in [2.45, 2.75) is 70.4 Å². The largest absolute Gasteiger partial charge is 0.492 e. The van der Waals surface area contributed by atoms with Gasteiger partial charge in [-0.2, -0.15) is 0 Å². The van der Waals surface area contributed by atoms with Crippen molar-refractivity contribution in [1.29, 1.82) is 0 Å². The summed E-state index contributed by atoms with van der Waals surface area (Å²) in [6.45, 7) is 6.42. The van der Waals surface area contributed by atoms with Gasteiger partial charge in [0, 0.05) is 37.7 Å². The number of ether oxygens (including phenoxy) is 3. The lowest BCUT2D eigenvalue weighted by Gasteiger charge is -2.26. The Balaban J connectivity index is 1.52. The molecule has 0 spiro atoms. The van der Waals surface area contributed by atoms with Crippen LogP contribution in [-0.4, -0.2) is 77.9 Å². The third-order valence-electron chi connectivity index (χ3n) is 6.41. The Morgan fingerprint density at radius 2 is 1.76 bits per heavy atom. The van der Waals surface area contributed by atoms with E-state index in [1.807, 2.05) is 39.0 Å². The normalized spacial score (nSPS) is 17.3. The molecule has 3 N–H and O–H groups in total. The average molecular weight is 570 g/mol. The lowest BCUT2D eigenvalue weighted by atomic mass is 10.1. The van der Waals surface area contributed by atoms with Gasteiger partial charge in [-0.15, -0.1) is 0 Å². The number of carbonyl (C=O) groups excluding carboxylic acids is 3. The van der Waals surface area contributed by atoms with E-state index in [0.717, 1.165) is 5.56 Å². The Labute approximate surface area is 240 Å². The van der Waals surface area contributed by atoms with Gasteiger partial charge in [0.2, 0.25) is 0 Å². The van der Waals surface area contributed by atoms with Gasteiger partial charge in [-0.3, -0.25) is 9.59 Å². The minimum Gasteiger partial charge on any atom is -0.492 e. The standard InChI is InChI=1S/C30H39N3O8/c1-30(2,3)41-29(38)32-22-16-23(31-17-22)19-39-24-12-10-21(11-13-24)27(36)33(4)25(14-15-26(34)35)28(37)40-18-20-8-6-5-7-9-20/h5-13,22-23,25,31H,14-19H2,1-4H3,(H,32,38)(H,34,35)/t22-,23+,25?/m1/s1. The molecule has 1 saturated heterocycles. The van der Waals surface area contributed by atoms with E-state index in [0.29, 0.717) is 30.9 Å². The molecule has 11 nitrogen and oxygen atoms in total. The van der Waals surface area contributed by atoms with Crippen molar-refractivity contribution in [2.24, 2.45) is 0 Å². The van der Waals surface area contributed by atoms with Crippen LogP contribution in [0.1, 0.15) is 56.0 Å². The monoisotopic (exact) mass is 569 g/mol. The minimum atomic E-state index is -1.07. The zero-order valence-electron chi connectivity index (χ0n) is 23.9. The highest BCUT2D eigenvalue weighted by Gasteiger charge is 2.30. The molecule has 222 valence electrons. The van der Waals surface area contributed by atoms with Crippen LogP contribution in [-0.2, 0) is 25.7 Å². The SMILES string of the molecule is CN(C(=O)c1ccc(OC[C@@H]2C[C@@H](NC(=O)OC(C)(C)C)CN2)cc1)C(CCC(=O)O)C(=O)OCc1ccccc1. The smallest absolute Gasteiger partial charge is 0.407 e. The summed E-state index contributed by atoms with van der Waals surface area (Å²) < 4.78 is 16.6. The topological polar surface area (TPSA) is 144 Å². The number of esters is 1. The van der Waals surface area contributed by atoms with E-state index in [1.54, 1.807) is 36.4 Å². The number of alkyl carbamates (subject to hydrolysis) is 1. The lowest BCUT2D eigenvalue weighted by Crippen LogP contribution is -2.43. The maximum absolute atomic E-state index is 13.2. The van der Waals surface area contributed by atoms with Gasteiger partial charge in [0.05, 0.1) is 0 Å². The molecule has 1 aliphatic rings. The molecular weight excluding hydrogens is 530 g/mol. The van der Waals surface area contributed by atoms with Crippen LogP contribution in [0.2, 0.25) is 0 Å². The molecule has 1 aliphatic heterocycles. The van der Waals surface area contributed by atoms with E-state index in [2.05, 4.69) is 10.6 Å². The molecule has 0 aromatic heterocycles. The molecule has 3 rings (SSSR count). The molecule has 11 heteroatoms. The molecule has 0 radical (unpaired) electrons. The first-order chi connectivity index (χ1) is 19.4. The van der Waals surface area contributed by atoms with Crippen LogP contribution < -0.4 is 15.4 Å². The minimum absolute atomic E-state index is 0.0188. The van der Waals surface area contributed by atoms with Crippen molar-refractivity contribution >= 4 is 23.9 Å². The first-order valence-corrected chi connectivity index (χ1v) is 13.6. The van der Waals surface area contributed by atoms with Crippen molar-refractivity contribution in [2.75, 3.05) is 20.2 Å². The Morgan fingerprint density at radius 3 is 2.39 bits per heavy atom. The number of benzene rings is 2. The van der Waals surface area contributed by atoms with Crippen LogP contribution in [0.25, 0.3) is 0 Å². The first-order valence-electron chi connectivity index (χ1n) is 13.6. The number of aliphatic carboxylic acids is 1. The first kappa shape index (κ1) is 31.4. The van der Waals surface area contributed by atoms with Gasteiger partial charge in [0.1, 0.15) is 30.6 Å². The molecular formula is C30H39N3O8. The van der Waals surface area contributed by atoms with E-state index in [1.165, 1.54) is 11.9 Å².